The van der Waals surface area contributed by atoms with E-state index in [1.165, 1.54) is 6.08 Å². The third-order valence-corrected chi connectivity index (χ3v) is 2.55. The molecule has 1 atom stereocenters. The Hall–Kier alpha value is -2.14. The molecule has 0 amide bonds. The van der Waals surface area contributed by atoms with E-state index in [0.29, 0.717) is 0 Å². The first kappa shape index (κ1) is 15.9. The largest absolute Gasteiger partial charge is 0.461 e. The van der Waals surface area contributed by atoms with E-state index in [9.17, 15) is 9.59 Å². The first-order chi connectivity index (χ1) is 9.63. The van der Waals surface area contributed by atoms with E-state index in [1.807, 2.05) is 30.3 Å². The summed E-state index contributed by atoms with van der Waals surface area (Å²) in [6.45, 7) is 3.77. The Balaban J connectivity index is 2.25. The number of carbonyl (C=O) groups is 2. The van der Waals surface area contributed by atoms with Crippen LogP contribution in [-0.4, -0.2) is 24.6 Å². The molecule has 1 rings (SSSR count). The van der Waals surface area contributed by atoms with E-state index in [0.717, 1.165) is 5.56 Å². The maximum atomic E-state index is 11.6. The lowest BCUT2D eigenvalue weighted by Gasteiger charge is -2.11. The minimum absolute atomic E-state index is 0.0788. The summed E-state index contributed by atoms with van der Waals surface area (Å²) in [7, 11) is 0. The van der Waals surface area contributed by atoms with E-state index < -0.39 is 18.0 Å². The molecule has 1 aromatic rings. The molecule has 0 fully saturated rings. The smallest absolute Gasteiger partial charge is 0.323 e. The zero-order valence-electron chi connectivity index (χ0n) is 11.3. The van der Waals surface area contributed by atoms with Crippen LogP contribution < -0.4 is 5.73 Å². The maximum Gasteiger partial charge on any atom is 0.323 e. The molecule has 0 radical (unpaired) electrons. The van der Waals surface area contributed by atoms with Crippen LogP contribution in [0, 0.1) is 0 Å². The summed E-state index contributed by atoms with van der Waals surface area (Å²) >= 11 is 0. The van der Waals surface area contributed by atoms with Crippen molar-refractivity contribution in [1.82, 2.24) is 0 Å². The number of benzene rings is 1. The van der Waals surface area contributed by atoms with Crippen LogP contribution in [0.15, 0.2) is 43.0 Å². The number of esters is 2. The second-order valence-corrected chi connectivity index (χ2v) is 4.21. The van der Waals surface area contributed by atoms with Crippen LogP contribution in [0.25, 0.3) is 0 Å². The fraction of sp³-hybridized carbons (Fsp3) is 0.333. The van der Waals surface area contributed by atoms with Crippen LogP contribution in [0.1, 0.15) is 18.4 Å². The number of carbonyl (C=O) groups excluding carboxylic acids is 2. The molecular weight excluding hydrogens is 258 g/mol. The van der Waals surface area contributed by atoms with Gasteiger partial charge in [0.1, 0.15) is 19.3 Å². The molecule has 0 aromatic heterocycles. The van der Waals surface area contributed by atoms with Crippen molar-refractivity contribution in [2.45, 2.75) is 25.5 Å². The van der Waals surface area contributed by atoms with Crippen LogP contribution in [0.4, 0.5) is 0 Å². The SMILES string of the molecule is C=CCOC(=O)CC[C@H](N)C(=O)OCc1ccccc1. The van der Waals surface area contributed by atoms with Crippen molar-refractivity contribution in [3.63, 3.8) is 0 Å². The third kappa shape index (κ3) is 6.15. The van der Waals surface area contributed by atoms with Gasteiger partial charge in [0.25, 0.3) is 0 Å². The Morgan fingerprint density at radius 1 is 1.25 bits per heavy atom. The van der Waals surface area contributed by atoms with Crippen molar-refractivity contribution >= 4 is 11.9 Å². The average molecular weight is 277 g/mol. The van der Waals surface area contributed by atoms with E-state index >= 15 is 0 Å². The zero-order valence-corrected chi connectivity index (χ0v) is 11.3. The van der Waals surface area contributed by atoms with Crippen molar-refractivity contribution in [3.05, 3.63) is 48.6 Å². The summed E-state index contributed by atoms with van der Waals surface area (Å²) in [5, 5.41) is 0. The minimum Gasteiger partial charge on any atom is -0.461 e. The van der Waals surface area contributed by atoms with Gasteiger partial charge in [-0.05, 0) is 12.0 Å². The highest BCUT2D eigenvalue weighted by molar-refractivity contribution is 5.77. The van der Waals surface area contributed by atoms with Crippen LogP contribution in [-0.2, 0) is 25.7 Å². The molecule has 1 aromatic carbocycles. The molecule has 0 aliphatic heterocycles. The molecule has 5 heteroatoms. The lowest BCUT2D eigenvalue weighted by molar-refractivity contribution is -0.147. The molecule has 20 heavy (non-hydrogen) atoms. The predicted octanol–water partition coefficient (Wildman–Crippen LogP) is 1.57. The minimum atomic E-state index is -0.824. The summed E-state index contributed by atoms with van der Waals surface area (Å²) in [4.78, 5) is 22.9. The van der Waals surface area contributed by atoms with Crippen molar-refractivity contribution in [3.8, 4) is 0 Å². The Bertz CT molecular complexity index is 444. The maximum absolute atomic E-state index is 11.6. The van der Waals surface area contributed by atoms with Gasteiger partial charge in [-0.3, -0.25) is 9.59 Å². The number of rotatable bonds is 8. The summed E-state index contributed by atoms with van der Waals surface area (Å²) in [5.41, 5.74) is 6.54. The van der Waals surface area contributed by atoms with Gasteiger partial charge in [0.15, 0.2) is 0 Å². The first-order valence-electron chi connectivity index (χ1n) is 6.36. The first-order valence-corrected chi connectivity index (χ1v) is 6.36. The third-order valence-electron chi connectivity index (χ3n) is 2.55. The fourth-order valence-corrected chi connectivity index (χ4v) is 1.45. The normalized spacial score (nSPS) is 11.4. The molecule has 108 valence electrons. The number of hydrogen-bond donors (Lipinski definition) is 1. The topological polar surface area (TPSA) is 78.6 Å². The quantitative estimate of drug-likeness (QED) is 0.576. The molecule has 0 aliphatic rings. The summed E-state index contributed by atoms with van der Waals surface area (Å²) in [5.74, 6) is -0.929. The van der Waals surface area contributed by atoms with Crippen molar-refractivity contribution in [2.75, 3.05) is 6.61 Å². The highest BCUT2D eigenvalue weighted by Gasteiger charge is 2.17. The standard InChI is InChI=1S/C15H19NO4/c1-2-10-19-14(17)9-8-13(16)15(18)20-11-12-6-4-3-5-7-12/h2-7,13H,1,8-11,16H2/t13-/m0/s1. The predicted molar refractivity (Wildman–Crippen MR) is 74.6 cm³/mol. The van der Waals surface area contributed by atoms with Gasteiger partial charge in [-0.2, -0.15) is 0 Å². The van der Waals surface area contributed by atoms with Crippen LogP contribution in [0.2, 0.25) is 0 Å². The Morgan fingerprint density at radius 3 is 2.60 bits per heavy atom. The molecule has 0 bridgehead atoms. The highest BCUT2D eigenvalue weighted by Crippen LogP contribution is 2.04. The fourth-order valence-electron chi connectivity index (χ4n) is 1.45. The van der Waals surface area contributed by atoms with E-state index in [2.05, 4.69) is 6.58 Å². The highest BCUT2D eigenvalue weighted by atomic mass is 16.5. The number of nitrogens with two attached hydrogens (primary N) is 1. The molecule has 0 saturated heterocycles. The molecule has 0 saturated carbocycles. The Labute approximate surface area is 118 Å². The molecule has 0 aliphatic carbocycles. The van der Waals surface area contributed by atoms with Gasteiger partial charge < -0.3 is 15.2 Å². The van der Waals surface area contributed by atoms with Crippen molar-refractivity contribution in [2.24, 2.45) is 5.73 Å². The number of ether oxygens (including phenoxy) is 2. The molecule has 0 heterocycles. The lowest BCUT2D eigenvalue weighted by Crippen LogP contribution is -2.32. The van der Waals surface area contributed by atoms with Gasteiger partial charge in [-0.15, -0.1) is 0 Å². The van der Waals surface area contributed by atoms with Crippen LogP contribution in [0.3, 0.4) is 0 Å². The van der Waals surface area contributed by atoms with Gasteiger partial charge in [0, 0.05) is 6.42 Å². The second-order valence-electron chi connectivity index (χ2n) is 4.21. The monoisotopic (exact) mass is 277 g/mol. The Morgan fingerprint density at radius 2 is 1.95 bits per heavy atom. The van der Waals surface area contributed by atoms with Gasteiger partial charge in [0.2, 0.25) is 0 Å². The Kier molecular flexibility index (Phi) is 7.06. The average Bonchev–Trinajstić information content (AvgIpc) is 2.49. The van der Waals surface area contributed by atoms with Gasteiger partial charge >= 0.3 is 11.9 Å². The van der Waals surface area contributed by atoms with Crippen molar-refractivity contribution < 1.29 is 19.1 Å². The lowest BCUT2D eigenvalue weighted by atomic mass is 10.2. The summed E-state index contributed by atoms with van der Waals surface area (Å²) in [6.07, 6.45) is 1.75. The second kappa shape index (κ2) is 8.87. The molecule has 5 nitrogen and oxygen atoms in total. The van der Waals surface area contributed by atoms with Gasteiger partial charge in [0.05, 0.1) is 0 Å². The van der Waals surface area contributed by atoms with Gasteiger partial charge in [-0.25, -0.2) is 0 Å². The van der Waals surface area contributed by atoms with Crippen LogP contribution in [0.5, 0.6) is 0 Å². The van der Waals surface area contributed by atoms with E-state index in [4.69, 9.17) is 15.2 Å². The summed E-state index contributed by atoms with van der Waals surface area (Å²) in [6, 6.07) is 8.48. The zero-order chi connectivity index (χ0) is 14.8. The number of hydrogen-bond acceptors (Lipinski definition) is 5. The van der Waals surface area contributed by atoms with E-state index in [1.54, 1.807) is 0 Å². The van der Waals surface area contributed by atoms with Crippen molar-refractivity contribution in [1.29, 1.82) is 0 Å². The summed E-state index contributed by atoms with van der Waals surface area (Å²) < 4.78 is 9.86. The van der Waals surface area contributed by atoms with Crippen LogP contribution >= 0.6 is 0 Å². The van der Waals surface area contributed by atoms with Gasteiger partial charge in [-0.1, -0.05) is 43.0 Å². The molecule has 0 spiro atoms. The molecular formula is C15H19NO4. The molecule has 2 N–H and O–H groups in total. The molecule has 0 unspecified atom stereocenters. The van der Waals surface area contributed by atoms with E-state index in [-0.39, 0.29) is 26.1 Å².